The van der Waals surface area contributed by atoms with Gasteiger partial charge in [0.15, 0.2) is 0 Å². The maximum atomic E-state index is 14.4. The van der Waals surface area contributed by atoms with Crippen LogP contribution in [-0.2, 0) is 4.79 Å². The van der Waals surface area contributed by atoms with Crippen LogP contribution in [0, 0.1) is 5.82 Å². The van der Waals surface area contributed by atoms with Gasteiger partial charge in [0.25, 0.3) is 0 Å². The van der Waals surface area contributed by atoms with Gasteiger partial charge in [0.2, 0.25) is 5.91 Å². The SMILES string of the molecule is C=C(C(N)=O)c1cccc(-c2ccccc2Cl)c1F. The minimum atomic E-state index is -0.754. The van der Waals surface area contributed by atoms with Crippen LogP contribution in [0.15, 0.2) is 49.0 Å². The summed E-state index contributed by atoms with van der Waals surface area (Å²) in [7, 11) is 0. The lowest BCUT2D eigenvalue weighted by Gasteiger charge is -2.10. The summed E-state index contributed by atoms with van der Waals surface area (Å²) < 4.78 is 14.4. The van der Waals surface area contributed by atoms with Gasteiger partial charge in [-0.1, -0.05) is 54.6 Å². The molecule has 0 heterocycles. The molecule has 0 atom stereocenters. The van der Waals surface area contributed by atoms with Crippen molar-refractivity contribution in [3.8, 4) is 11.1 Å². The second-order valence-electron chi connectivity index (χ2n) is 3.99. The van der Waals surface area contributed by atoms with E-state index in [2.05, 4.69) is 6.58 Å². The lowest BCUT2D eigenvalue weighted by molar-refractivity contribution is -0.112. The first kappa shape index (κ1) is 13.3. The highest BCUT2D eigenvalue weighted by Crippen LogP contribution is 2.32. The predicted molar refractivity (Wildman–Crippen MR) is 75.1 cm³/mol. The fourth-order valence-electron chi connectivity index (χ4n) is 1.79. The van der Waals surface area contributed by atoms with E-state index >= 15 is 0 Å². The summed E-state index contributed by atoms with van der Waals surface area (Å²) >= 11 is 6.04. The summed E-state index contributed by atoms with van der Waals surface area (Å²) in [5, 5.41) is 0.434. The van der Waals surface area contributed by atoms with Gasteiger partial charge in [0, 0.05) is 27.3 Å². The van der Waals surface area contributed by atoms with Crippen LogP contribution >= 0.6 is 11.6 Å². The fraction of sp³-hybridized carbons (Fsp3) is 0. The molecule has 0 aliphatic heterocycles. The van der Waals surface area contributed by atoms with Gasteiger partial charge in [0.1, 0.15) is 5.82 Å². The quantitative estimate of drug-likeness (QED) is 0.854. The summed E-state index contributed by atoms with van der Waals surface area (Å²) in [4.78, 5) is 11.1. The van der Waals surface area contributed by atoms with E-state index in [-0.39, 0.29) is 11.1 Å². The minimum absolute atomic E-state index is 0.0635. The van der Waals surface area contributed by atoms with Gasteiger partial charge in [-0.2, -0.15) is 0 Å². The molecule has 2 aromatic rings. The van der Waals surface area contributed by atoms with E-state index in [1.165, 1.54) is 6.07 Å². The van der Waals surface area contributed by atoms with Gasteiger partial charge in [-0.05, 0) is 6.07 Å². The number of nitrogens with two attached hydrogens (primary N) is 1. The van der Waals surface area contributed by atoms with Gasteiger partial charge >= 0.3 is 0 Å². The second-order valence-corrected chi connectivity index (χ2v) is 4.40. The molecule has 0 aromatic heterocycles. The third-order valence-electron chi connectivity index (χ3n) is 2.79. The van der Waals surface area contributed by atoms with Crippen LogP contribution < -0.4 is 5.73 Å². The van der Waals surface area contributed by atoms with Crippen molar-refractivity contribution in [1.82, 2.24) is 0 Å². The lowest BCUT2D eigenvalue weighted by Crippen LogP contribution is -2.13. The third kappa shape index (κ3) is 2.51. The lowest BCUT2D eigenvalue weighted by atomic mass is 9.98. The summed E-state index contributed by atoms with van der Waals surface area (Å²) in [5.41, 5.74) is 6.02. The largest absolute Gasteiger partial charge is 0.366 e. The van der Waals surface area contributed by atoms with E-state index < -0.39 is 11.7 Å². The van der Waals surface area contributed by atoms with E-state index in [0.717, 1.165) is 0 Å². The number of halogens is 2. The summed E-state index contributed by atoms with van der Waals surface area (Å²) in [6.07, 6.45) is 0. The number of hydrogen-bond donors (Lipinski definition) is 1. The Kier molecular flexibility index (Phi) is 3.67. The van der Waals surface area contributed by atoms with Gasteiger partial charge < -0.3 is 5.73 Å². The zero-order valence-electron chi connectivity index (χ0n) is 9.99. The highest BCUT2D eigenvalue weighted by Gasteiger charge is 2.16. The molecule has 2 N–H and O–H groups in total. The number of hydrogen-bond acceptors (Lipinski definition) is 1. The molecule has 0 aliphatic carbocycles. The average molecular weight is 276 g/mol. The number of primary amides is 1. The molecular weight excluding hydrogens is 265 g/mol. The van der Waals surface area contributed by atoms with Crippen LogP contribution in [0.25, 0.3) is 16.7 Å². The first-order valence-corrected chi connectivity index (χ1v) is 5.92. The molecule has 2 aromatic carbocycles. The minimum Gasteiger partial charge on any atom is -0.366 e. The molecule has 19 heavy (non-hydrogen) atoms. The topological polar surface area (TPSA) is 43.1 Å². The van der Waals surface area contributed by atoms with Crippen molar-refractivity contribution in [2.24, 2.45) is 5.73 Å². The fourth-order valence-corrected chi connectivity index (χ4v) is 2.02. The van der Waals surface area contributed by atoms with Crippen molar-refractivity contribution in [3.63, 3.8) is 0 Å². The summed E-state index contributed by atoms with van der Waals surface area (Å²) in [6, 6.07) is 11.6. The van der Waals surface area contributed by atoms with Crippen molar-refractivity contribution in [2.45, 2.75) is 0 Å². The Morgan fingerprint density at radius 3 is 2.37 bits per heavy atom. The van der Waals surface area contributed by atoms with Gasteiger partial charge in [-0.3, -0.25) is 4.79 Å². The van der Waals surface area contributed by atoms with Gasteiger partial charge in [-0.25, -0.2) is 4.39 Å². The first-order valence-electron chi connectivity index (χ1n) is 5.55. The van der Waals surface area contributed by atoms with Crippen molar-refractivity contribution in [3.05, 3.63) is 65.4 Å². The van der Waals surface area contributed by atoms with E-state index in [0.29, 0.717) is 16.1 Å². The Balaban J connectivity index is 2.62. The van der Waals surface area contributed by atoms with Crippen molar-refractivity contribution in [2.75, 3.05) is 0 Å². The molecule has 1 amide bonds. The standard InChI is InChI=1S/C15H11ClFNO/c1-9(15(18)19)10-6-4-7-12(14(10)17)11-5-2-3-8-13(11)16/h2-8H,1H2,(H2,18,19). The van der Waals surface area contributed by atoms with E-state index in [1.54, 1.807) is 36.4 Å². The summed E-state index contributed by atoms with van der Waals surface area (Å²) in [5.74, 6) is -1.31. The molecule has 0 bridgehead atoms. The maximum absolute atomic E-state index is 14.4. The number of rotatable bonds is 3. The Bertz CT molecular complexity index is 667. The Hall–Kier alpha value is -2.13. The van der Waals surface area contributed by atoms with Gasteiger partial charge in [-0.15, -0.1) is 0 Å². The highest BCUT2D eigenvalue weighted by atomic mass is 35.5. The van der Waals surface area contributed by atoms with Crippen LogP contribution in [0.3, 0.4) is 0 Å². The second kappa shape index (κ2) is 5.24. The third-order valence-corrected chi connectivity index (χ3v) is 3.11. The summed E-state index contributed by atoms with van der Waals surface area (Å²) in [6.45, 7) is 3.49. The van der Waals surface area contributed by atoms with Crippen molar-refractivity contribution >= 4 is 23.1 Å². The molecule has 0 spiro atoms. The number of amides is 1. The molecule has 2 nitrogen and oxygen atoms in total. The molecule has 0 radical (unpaired) electrons. The van der Waals surface area contributed by atoms with Crippen LogP contribution in [0.2, 0.25) is 5.02 Å². The first-order chi connectivity index (χ1) is 9.02. The average Bonchev–Trinajstić information content (AvgIpc) is 2.39. The smallest absolute Gasteiger partial charge is 0.248 e. The van der Waals surface area contributed by atoms with Crippen LogP contribution in [0.5, 0.6) is 0 Å². The van der Waals surface area contributed by atoms with Crippen molar-refractivity contribution < 1.29 is 9.18 Å². The molecule has 2 rings (SSSR count). The molecule has 0 aliphatic rings. The highest BCUT2D eigenvalue weighted by molar-refractivity contribution is 6.33. The van der Waals surface area contributed by atoms with Crippen LogP contribution in [0.1, 0.15) is 5.56 Å². The molecule has 4 heteroatoms. The number of carbonyl (C=O) groups is 1. The Morgan fingerprint density at radius 2 is 1.74 bits per heavy atom. The predicted octanol–water partition coefficient (Wildman–Crippen LogP) is 3.64. The van der Waals surface area contributed by atoms with E-state index in [1.807, 2.05) is 0 Å². The van der Waals surface area contributed by atoms with E-state index in [9.17, 15) is 9.18 Å². The maximum Gasteiger partial charge on any atom is 0.248 e. The zero-order valence-corrected chi connectivity index (χ0v) is 10.7. The molecular formula is C15H11ClFNO. The molecule has 0 fully saturated rings. The molecule has 0 saturated heterocycles. The zero-order chi connectivity index (χ0) is 14.0. The van der Waals surface area contributed by atoms with Gasteiger partial charge in [0.05, 0.1) is 0 Å². The van der Waals surface area contributed by atoms with E-state index in [4.69, 9.17) is 17.3 Å². The Morgan fingerprint density at radius 1 is 1.11 bits per heavy atom. The van der Waals surface area contributed by atoms with Crippen molar-refractivity contribution in [1.29, 1.82) is 0 Å². The molecule has 96 valence electrons. The molecule has 0 unspecified atom stereocenters. The Labute approximate surface area is 115 Å². The normalized spacial score (nSPS) is 10.2. The van der Waals surface area contributed by atoms with Crippen LogP contribution in [-0.4, -0.2) is 5.91 Å². The van der Waals surface area contributed by atoms with Crippen LogP contribution in [0.4, 0.5) is 4.39 Å². The monoisotopic (exact) mass is 275 g/mol. The number of benzene rings is 2. The number of carbonyl (C=O) groups excluding carboxylic acids is 1. The molecule has 0 saturated carbocycles.